The van der Waals surface area contributed by atoms with Crippen LogP contribution in [0.3, 0.4) is 0 Å². The van der Waals surface area contributed by atoms with Gasteiger partial charge in [0.05, 0.1) is 12.8 Å². The van der Waals surface area contributed by atoms with E-state index >= 15 is 0 Å². The van der Waals surface area contributed by atoms with E-state index in [1.165, 1.54) is 0 Å². The molecule has 102 valence electrons. The normalized spacial score (nSPS) is 11.2. The molecule has 0 aliphatic heterocycles. The number of hydrogen-bond acceptors (Lipinski definition) is 3. The molecule has 0 bridgehead atoms. The van der Waals surface area contributed by atoms with Crippen molar-refractivity contribution in [3.05, 3.63) is 52.7 Å². The summed E-state index contributed by atoms with van der Waals surface area (Å²) in [5.74, 6) is 0. The Balaban J connectivity index is 2.34. The van der Waals surface area contributed by atoms with Crippen LogP contribution in [0.1, 0.15) is 25.5 Å². The Labute approximate surface area is 112 Å². The summed E-state index contributed by atoms with van der Waals surface area (Å²) in [5, 5.41) is 0. The maximum atomic E-state index is 12.2. The molecule has 2 rings (SSSR count). The van der Waals surface area contributed by atoms with Crippen LogP contribution in [0, 0.1) is 0 Å². The molecule has 5 nitrogen and oxygen atoms in total. The number of nitrogens with zero attached hydrogens (tertiary/aromatic N) is 2. The van der Waals surface area contributed by atoms with Crippen LogP contribution in [0.5, 0.6) is 0 Å². The third kappa shape index (κ3) is 2.94. The first kappa shape index (κ1) is 13.6. The lowest BCUT2D eigenvalue weighted by atomic mass is 10.2. The zero-order valence-electron chi connectivity index (χ0n) is 11.5. The molecule has 0 spiro atoms. The van der Waals surface area contributed by atoms with E-state index in [0.29, 0.717) is 6.54 Å². The lowest BCUT2D eigenvalue weighted by molar-refractivity contribution is 0.0867. The summed E-state index contributed by atoms with van der Waals surface area (Å²) in [4.78, 5) is 17.0. The zero-order chi connectivity index (χ0) is 13.8. The van der Waals surface area contributed by atoms with Crippen LogP contribution in [0.25, 0.3) is 5.69 Å². The van der Waals surface area contributed by atoms with Crippen molar-refractivity contribution in [1.29, 1.82) is 0 Å². The van der Waals surface area contributed by atoms with Crippen LogP contribution in [-0.2, 0) is 11.4 Å². The summed E-state index contributed by atoms with van der Waals surface area (Å²) in [5.41, 5.74) is 4.69. The van der Waals surface area contributed by atoms with E-state index in [1.807, 2.05) is 44.3 Å². The first-order valence-corrected chi connectivity index (χ1v) is 6.28. The third-order valence-electron chi connectivity index (χ3n) is 2.97. The lowest BCUT2D eigenvalue weighted by Crippen LogP contribution is -2.24. The predicted octanol–water partition coefficient (Wildman–Crippen LogP) is 1.87. The van der Waals surface area contributed by atoms with Crippen molar-refractivity contribution in [3.63, 3.8) is 0 Å². The van der Waals surface area contributed by atoms with Crippen molar-refractivity contribution in [2.45, 2.75) is 26.4 Å². The monoisotopic (exact) mass is 261 g/mol. The fraction of sp³-hybridized carbons (Fsp3) is 0.357. The van der Waals surface area contributed by atoms with Crippen molar-refractivity contribution >= 4 is 0 Å². The molecule has 1 aromatic carbocycles. The predicted molar refractivity (Wildman–Crippen MR) is 74.3 cm³/mol. The van der Waals surface area contributed by atoms with Gasteiger partial charge in [-0.3, -0.25) is 9.13 Å². The van der Waals surface area contributed by atoms with Gasteiger partial charge in [-0.05, 0) is 31.5 Å². The van der Waals surface area contributed by atoms with Gasteiger partial charge in [-0.15, -0.1) is 0 Å². The van der Waals surface area contributed by atoms with Crippen molar-refractivity contribution in [2.75, 3.05) is 7.11 Å². The largest absolute Gasteiger partial charge is 0.332 e. The quantitative estimate of drug-likeness (QED) is 0.836. The molecule has 0 amide bonds. The van der Waals surface area contributed by atoms with E-state index < -0.39 is 0 Å². The summed E-state index contributed by atoms with van der Waals surface area (Å²) < 4.78 is 3.36. The van der Waals surface area contributed by atoms with Gasteiger partial charge >= 0.3 is 5.69 Å². The Bertz CT molecular complexity index is 599. The Morgan fingerprint density at radius 1 is 1.32 bits per heavy atom. The van der Waals surface area contributed by atoms with E-state index in [0.717, 1.165) is 11.3 Å². The average molecular weight is 261 g/mol. The Morgan fingerprint density at radius 2 is 2.11 bits per heavy atom. The van der Waals surface area contributed by atoms with E-state index in [2.05, 4.69) is 5.48 Å². The first-order chi connectivity index (χ1) is 9.13. The Hall–Kier alpha value is -1.85. The molecule has 0 fully saturated rings. The SMILES string of the molecule is CONCc1cccc(-n2ccn(C(C)C)c2=O)c1. The van der Waals surface area contributed by atoms with Gasteiger partial charge in [-0.1, -0.05) is 12.1 Å². The van der Waals surface area contributed by atoms with Crippen LogP contribution in [0.15, 0.2) is 41.5 Å². The van der Waals surface area contributed by atoms with Crippen molar-refractivity contribution < 1.29 is 4.84 Å². The highest BCUT2D eigenvalue weighted by molar-refractivity contribution is 5.35. The molecule has 2 aromatic rings. The molecule has 0 unspecified atom stereocenters. The molecule has 0 aliphatic rings. The van der Waals surface area contributed by atoms with Crippen LogP contribution >= 0.6 is 0 Å². The van der Waals surface area contributed by atoms with Crippen LogP contribution in [-0.4, -0.2) is 16.2 Å². The molecule has 1 heterocycles. The van der Waals surface area contributed by atoms with Crippen LogP contribution < -0.4 is 11.2 Å². The van der Waals surface area contributed by atoms with Gasteiger partial charge in [0.15, 0.2) is 0 Å². The lowest BCUT2D eigenvalue weighted by Gasteiger charge is -2.07. The molecule has 0 saturated heterocycles. The zero-order valence-corrected chi connectivity index (χ0v) is 11.5. The molecule has 5 heteroatoms. The fourth-order valence-corrected chi connectivity index (χ4v) is 1.95. The average Bonchev–Trinajstić information content (AvgIpc) is 2.78. The fourth-order valence-electron chi connectivity index (χ4n) is 1.95. The van der Waals surface area contributed by atoms with E-state index in [4.69, 9.17) is 4.84 Å². The van der Waals surface area contributed by atoms with E-state index in [1.54, 1.807) is 22.4 Å². The number of aromatic nitrogens is 2. The molecular weight excluding hydrogens is 242 g/mol. The minimum absolute atomic E-state index is 0.0214. The van der Waals surface area contributed by atoms with Gasteiger partial charge in [-0.2, -0.15) is 5.48 Å². The summed E-state index contributed by atoms with van der Waals surface area (Å²) in [6.45, 7) is 4.58. The summed E-state index contributed by atoms with van der Waals surface area (Å²) in [6, 6.07) is 7.97. The molecule has 0 atom stereocenters. The molecule has 1 aromatic heterocycles. The molecule has 0 aliphatic carbocycles. The first-order valence-electron chi connectivity index (χ1n) is 6.28. The number of imidazole rings is 1. The number of hydroxylamine groups is 1. The van der Waals surface area contributed by atoms with Gasteiger partial charge in [0.25, 0.3) is 0 Å². The standard InChI is InChI=1S/C14H19N3O2/c1-11(2)16-7-8-17(14(16)18)13-6-4-5-12(9-13)10-15-19-3/h4-9,11,15H,10H2,1-3H3. The highest BCUT2D eigenvalue weighted by Crippen LogP contribution is 2.10. The smallest absolute Gasteiger partial charge is 0.305 e. The number of hydrogen-bond donors (Lipinski definition) is 1. The van der Waals surface area contributed by atoms with E-state index in [9.17, 15) is 4.79 Å². The molecule has 0 radical (unpaired) electrons. The van der Waals surface area contributed by atoms with Gasteiger partial charge in [0, 0.05) is 25.0 Å². The Morgan fingerprint density at radius 3 is 2.74 bits per heavy atom. The van der Waals surface area contributed by atoms with Crippen molar-refractivity contribution in [3.8, 4) is 5.69 Å². The summed E-state index contributed by atoms with van der Waals surface area (Å²) in [6.07, 6.45) is 3.61. The molecule has 19 heavy (non-hydrogen) atoms. The van der Waals surface area contributed by atoms with Gasteiger partial charge < -0.3 is 4.84 Å². The minimum Gasteiger partial charge on any atom is -0.305 e. The van der Waals surface area contributed by atoms with Crippen molar-refractivity contribution in [2.24, 2.45) is 0 Å². The van der Waals surface area contributed by atoms with Crippen molar-refractivity contribution in [1.82, 2.24) is 14.6 Å². The summed E-state index contributed by atoms with van der Waals surface area (Å²) >= 11 is 0. The minimum atomic E-state index is -0.0214. The number of nitrogens with one attached hydrogen (secondary N) is 1. The van der Waals surface area contributed by atoms with Gasteiger partial charge in [0.1, 0.15) is 0 Å². The number of benzene rings is 1. The second-order valence-electron chi connectivity index (χ2n) is 4.65. The topological polar surface area (TPSA) is 48.2 Å². The van der Waals surface area contributed by atoms with Crippen LogP contribution in [0.4, 0.5) is 0 Å². The van der Waals surface area contributed by atoms with E-state index in [-0.39, 0.29) is 11.7 Å². The molecule has 1 N–H and O–H groups in total. The Kier molecular flexibility index (Phi) is 4.19. The summed E-state index contributed by atoms with van der Waals surface area (Å²) in [7, 11) is 1.58. The second kappa shape index (κ2) is 5.86. The maximum absolute atomic E-state index is 12.2. The van der Waals surface area contributed by atoms with Gasteiger partial charge in [0.2, 0.25) is 0 Å². The van der Waals surface area contributed by atoms with Crippen LogP contribution in [0.2, 0.25) is 0 Å². The molecule has 0 saturated carbocycles. The third-order valence-corrected chi connectivity index (χ3v) is 2.97. The second-order valence-corrected chi connectivity index (χ2v) is 4.65. The van der Waals surface area contributed by atoms with Gasteiger partial charge in [-0.25, -0.2) is 4.79 Å². The highest BCUT2D eigenvalue weighted by atomic mass is 16.6. The number of rotatable bonds is 5. The molecular formula is C14H19N3O2. The maximum Gasteiger partial charge on any atom is 0.332 e. The highest BCUT2D eigenvalue weighted by Gasteiger charge is 2.07.